The lowest BCUT2D eigenvalue weighted by Gasteiger charge is -2.00. The summed E-state index contributed by atoms with van der Waals surface area (Å²) in [4.78, 5) is 14.4. The van der Waals surface area contributed by atoms with Crippen molar-refractivity contribution in [2.75, 3.05) is 5.75 Å². The second-order valence-corrected chi connectivity index (χ2v) is 3.88. The second-order valence-electron chi connectivity index (χ2n) is 2.94. The number of carboxylic acid groups (broad SMARTS) is 1. The van der Waals surface area contributed by atoms with E-state index in [0.717, 1.165) is 10.7 Å². The van der Waals surface area contributed by atoms with Gasteiger partial charge in [-0.15, -0.1) is 0 Å². The first-order valence-corrected chi connectivity index (χ1v) is 5.08. The molecule has 4 nitrogen and oxygen atoms in total. The molecule has 14 heavy (non-hydrogen) atoms. The Bertz CT molecular complexity index is 357. The minimum absolute atomic E-state index is 0.650. The first-order chi connectivity index (χ1) is 6.59. The Hall–Kier alpha value is -1.23. The molecule has 1 aromatic rings. The highest BCUT2D eigenvalue weighted by molar-refractivity contribution is 7.99. The van der Waals surface area contributed by atoms with Gasteiger partial charge in [0.1, 0.15) is 0 Å². The zero-order chi connectivity index (χ0) is 10.6. The molecule has 0 aliphatic carbocycles. The van der Waals surface area contributed by atoms with Crippen LogP contribution in [0.5, 0.6) is 0 Å². The predicted octanol–water partition coefficient (Wildman–Crippen LogP) is 1.54. The third-order valence-corrected chi connectivity index (χ3v) is 2.83. The molecule has 0 atom stereocenters. The van der Waals surface area contributed by atoms with Gasteiger partial charge < -0.3 is 9.67 Å². The van der Waals surface area contributed by atoms with E-state index in [-0.39, 0.29) is 0 Å². The lowest BCUT2D eigenvalue weighted by atomic mass is 10.3. The van der Waals surface area contributed by atoms with E-state index in [1.807, 2.05) is 17.8 Å². The van der Waals surface area contributed by atoms with Crippen molar-refractivity contribution in [2.24, 2.45) is 7.05 Å². The molecule has 0 spiro atoms. The Balaban J connectivity index is 2.49. The number of aliphatic carboxylic acids is 1. The van der Waals surface area contributed by atoms with E-state index in [1.165, 1.54) is 17.8 Å². The highest BCUT2D eigenvalue weighted by Crippen LogP contribution is 2.17. The largest absolute Gasteiger partial charge is 0.478 e. The Morgan fingerprint density at radius 2 is 2.50 bits per heavy atom. The van der Waals surface area contributed by atoms with Crippen LogP contribution >= 0.6 is 11.8 Å². The fourth-order valence-electron chi connectivity index (χ4n) is 0.922. The number of carboxylic acids is 1. The normalized spacial score (nSPS) is 11.7. The Labute approximate surface area is 86.6 Å². The van der Waals surface area contributed by atoms with Crippen LogP contribution in [0.25, 0.3) is 0 Å². The SMILES string of the molecule is CC(=CC(=O)O)CSc1nccn1C. The summed E-state index contributed by atoms with van der Waals surface area (Å²) in [5, 5.41) is 9.38. The number of aromatic nitrogens is 2. The van der Waals surface area contributed by atoms with Gasteiger partial charge in [0, 0.05) is 31.3 Å². The average molecular weight is 212 g/mol. The summed E-state index contributed by atoms with van der Waals surface area (Å²) in [7, 11) is 1.91. The number of imidazole rings is 1. The van der Waals surface area contributed by atoms with Crippen LogP contribution in [0.4, 0.5) is 0 Å². The lowest BCUT2D eigenvalue weighted by Crippen LogP contribution is -1.94. The molecule has 0 fully saturated rings. The molecule has 0 unspecified atom stereocenters. The first-order valence-electron chi connectivity index (χ1n) is 4.10. The van der Waals surface area contributed by atoms with Gasteiger partial charge in [-0.2, -0.15) is 0 Å². The lowest BCUT2D eigenvalue weighted by molar-refractivity contribution is -0.131. The fourth-order valence-corrected chi connectivity index (χ4v) is 1.76. The van der Waals surface area contributed by atoms with Crippen molar-refractivity contribution in [2.45, 2.75) is 12.1 Å². The summed E-state index contributed by atoms with van der Waals surface area (Å²) in [5.74, 6) is -0.250. The Morgan fingerprint density at radius 1 is 1.79 bits per heavy atom. The number of thioether (sulfide) groups is 1. The Morgan fingerprint density at radius 3 is 3.00 bits per heavy atom. The molecule has 1 rings (SSSR count). The maximum Gasteiger partial charge on any atom is 0.328 e. The smallest absolute Gasteiger partial charge is 0.328 e. The topological polar surface area (TPSA) is 55.1 Å². The van der Waals surface area contributed by atoms with Crippen LogP contribution in [0, 0.1) is 0 Å². The van der Waals surface area contributed by atoms with Crippen molar-refractivity contribution in [1.82, 2.24) is 9.55 Å². The van der Waals surface area contributed by atoms with Crippen LogP contribution in [0.3, 0.4) is 0 Å². The molecule has 5 heteroatoms. The number of hydrogen-bond acceptors (Lipinski definition) is 3. The van der Waals surface area contributed by atoms with Crippen LogP contribution in [-0.2, 0) is 11.8 Å². The third kappa shape index (κ3) is 3.26. The quantitative estimate of drug-likeness (QED) is 0.607. The molecule has 0 aliphatic heterocycles. The summed E-state index contributed by atoms with van der Waals surface area (Å²) in [5.41, 5.74) is 0.825. The van der Waals surface area contributed by atoms with Gasteiger partial charge in [0.2, 0.25) is 0 Å². The zero-order valence-electron chi connectivity index (χ0n) is 8.10. The molecule has 0 saturated carbocycles. The number of hydrogen-bond donors (Lipinski definition) is 1. The van der Waals surface area contributed by atoms with E-state index in [1.54, 1.807) is 13.1 Å². The van der Waals surface area contributed by atoms with Gasteiger partial charge in [-0.25, -0.2) is 9.78 Å². The summed E-state index contributed by atoms with van der Waals surface area (Å²) in [6.45, 7) is 1.80. The number of aryl methyl sites for hydroxylation is 1. The first kappa shape index (κ1) is 10.8. The fraction of sp³-hybridized carbons (Fsp3) is 0.333. The van der Waals surface area contributed by atoms with Crippen molar-refractivity contribution in [1.29, 1.82) is 0 Å². The highest BCUT2D eigenvalue weighted by Gasteiger charge is 2.01. The van der Waals surface area contributed by atoms with E-state index in [2.05, 4.69) is 4.98 Å². The van der Waals surface area contributed by atoms with Crippen molar-refractivity contribution in [3.63, 3.8) is 0 Å². The van der Waals surface area contributed by atoms with Gasteiger partial charge in [-0.3, -0.25) is 0 Å². The molecule has 0 bridgehead atoms. The second kappa shape index (κ2) is 4.85. The third-order valence-electron chi connectivity index (χ3n) is 1.58. The molecule has 0 saturated heterocycles. The van der Waals surface area contributed by atoms with E-state index >= 15 is 0 Å². The number of carbonyl (C=O) groups is 1. The van der Waals surface area contributed by atoms with Gasteiger partial charge in [0.25, 0.3) is 0 Å². The maximum atomic E-state index is 10.3. The minimum Gasteiger partial charge on any atom is -0.478 e. The van der Waals surface area contributed by atoms with Crippen LogP contribution in [-0.4, -0.2) is 26.4 Å². The average Bonchev–Trinajstić information content (AvgIpc) is 2.46. The van der Waals surface area contributed by atoms with Gasteiger partial charge in [-0.05, 0) is 6.92 Å². The monoisotopic (exact) mass is 212 g/mol. The van der Waals surface area contributed by atoms with Gasteiger partial charge in [0.15, 0.2) is 5.16 Å². The summed E-state index contributed by atoms with van der Waals surface area (Å²) >= 11 is 1.52. The molecular weight excluding hydrogens is 200 g/mol. The zero-order valence-corrected chi connectivity index (χ0v) is 8.91. The van der Waals surface area contributed by atoms with Gasteiger partial charge >= 0.3 is 5.97 Å². The molecule has 0 radical (unpaired) electrons. The van der Waals surface area contributed by atoms with Gasteiger partial charge in [-0.1, -0.05) is 17.3 Å². The summed E-state index contributed by atoms with van der Waals surface area (Å²) in [6, 6.07) is 0. The molecule has 0 aromatic carbocycles. The summed E-state index contributed by atoms with van der Waals surface area (Å²) < 4.78 is 1.90. The van der Waals surface area contributed by atoms with Crippen molar-refractivity contribution >= 4 is 17.7 Å². The van der Waals surface area contributed by atoms with E-state index in [9.17, 15) is 4.79 Å². The van der Waals surface area contributed by atoms with E-state index in [0.29, 0.717) is 5.75 Å². The number of nitrogens with zero attached hydrogens (tertiary/aromatic N) is 2. The Kier molecular flexibility index (Phi) is 3.76. The van der Waals surface area contributed by atoms with Crippen molar-refractivity contribution in [3.05, 3.63) is 24.0 Å². The molecule has 0 amide bonds. The van der Waals surface area contributed by atoms with Crippen molar-refractivity contribution < 1.29 is 9.90 Å². The predicted molar refractivity (Wildman–Crippen MR) is 55.3 cm³/mol. The van der Waals surface area contributed by atoms with Crippen LogP contribution in [0.2, 0.25) is 0 Å². The number of rotatable bonds is 4. The van der Waals surface area contributed by atoms with Crippen LogP contribution in [0.15, 0.2) is 29.2 Å². The van der Waals surface area contributed by atoms with Crippen LogP contribution < -0.4 is 0 Å². The van der Waals surface area contributed by atoms with E-state index < -0.39 is 5.97 Å². The maximum absolute atomic E-state index is 10.3. The van der Waals surface area contributed by atoms with Crippen molar-refractivity contribution in [3.8, 4) is 0 Å². The van der Waals surface area contributed by atoms with E-state index in [4.69, 9.17) is 5.11 Å². The molecule has 0 aliphatic rings. The minimum atomic E-state index is -0.900. The molecule has 1 heterocycles. The standard InChI is InChI=1S/C9H12N2O2S/c1-7(5-8(12)13)6-14-9-10-3-4-11(9)2/h3-5H,6H2,1-2H3,(H,12,13). The molecule has 1 aromatic heterocycles. The van der Waals surface area contributed by atoms with Gasteiger partial charge in [0.05, 0.1) is 0 Å². The highest BCUT2D eigenvalue weighted by atomic mass is 32.2. The molecule has 76 valence electrons. The van der Waals surface area contributed by atoms with Crippen LogP contribution in [0.1, 0.15) is 6.92 Å². The molecule has 1 N–H and O–H groups in total. The molecular formula is C9H12N2O2S. The summed E-state index contributed by atoms with van der Waals surface area (Å²) in [6.07, 6.45) is 4.80.